The summed E-state index contributed by atoms with van der Waals surface area (Å²) in [7, 11) is 0. The Morgan fingerprint density at radius 3 is 2.27 bits per heavy atom. The molecule has 0 fully saturated rings. The summed E-state index contributed by atoms with van der Waals surface area (Å²) in [4.78, 5) is 35.1. The van der Waals surface area contributed by atoms with E-state index in [1.165, 1.54) is 6.92 Å². The predicted octanol–water partition coefficient (Wildman–Crippen LogP) is 1.10. The van der Waals surface area contributed by atoms with Gasteiger partial charge < -0.3 is 15.4 Å². The molecule has 0 radical (unpaired) electrons. The Morgan fingerprint density at radius 2 is 1.73 bits per heavy atom. The van der Waals surface area contributed by atoms with E-state index in [9.17, 15) is 14.4 Å². The highest BCUT2D eigenvalue weighted by Crippen LogP contribution is 2.08. The minimum atomic E-state index is -0.745. The van der Waals surface area contributed by atoms with Crippen LogP contribution in [0.4, 0.5) is 0 Å². The normalized spacial score (nSPS) is 11.5. The van der Waals surface area contributed by atoms with Crippen LogP contribution in [0, 0.1) is 13.8 Å². The molecule has 0 heterocycles. The van der Waals surface area contributed by atoms with E-state index in [0.29, 0.717) is 5.56 Å². The van der Waals surface area contributed by atoms with Gasteiger partial charge in [-0.1, -0.05) is 17.2 Å². The quantitative estimate of drug-likeness (QED) is 0.771. The van der Waals surface area contributed by atoms with Crippen LogP contribution in [0.1, 0.15) is 35.3 Å². The zero-order valence-electron chi connectivity index (χ0n) is 13.4. The molecule has 120 valence electrons. The molecule has 0 aliphatic carbocycles. The first kappa shape index (κ1) is 17.7. The van der Waals surface area contributed by atoms with Crippen LogP contribution in [0.3, 0.4) is 0 Å². The topological polar surface area (TPSA) is 84.5 Å². The van der Waals surface area contributed by atoms with E-state index in [2.05, 4.69) is 10.6 Å². The number of hydrogen-bond acceptors (Lipinski definition) is 4. The average Bonchev–Trinajstić information content (AvgIpc) is 2.43. The molecule has 22 heavy (non-hydrogen) atoms. The molecule has 1 aromatic carbocycles. The first-order valence-electron chi connectivity index (χ1n) is 7.16. The molecule has 0 aliphatic heterocycles. The fourth-order valence-electron chi connectivity index (χ4n) is 1.99. The maximum atomic E-state index is 12.0. The van der Waals surface area contributed by atoms with E-state index in [-0.39, 0.29) is 19.1 Å². The number of hydrogen-bond donors (Lipinski definition) is 2. The summed E-state index contributed by atoms with van der Waals surface area (Å²) >= 11 is 0. The maximum absolute atomic E-state index is 12.0. The lowest BCUT2D eigenvalue weighted by molar-refractivity contribution is -0.146. The minimum Gasteiger partial charge on any atom is -0.464 e. The highest BCUT2D eigenvalue weighted by atomic mass is 16.5. The van der Waals surface area contributed by atoms with Crippen molar-refractivity contribution in [2.45, 2.75) is 33.7 Å². The number of ether oxygens (including phenoxy) is 1. The van der Waals surface area contributed by atoms with Crippen molar-refractivity contribution in [1.82, 2.24) is 10.6 Å². The van der Waals surface area contributed by atoms with E-state index in [0.717, 1.165) is 11.1 Å². The second-order valence-electron chi connectivity index (χ2n) is 5.10. The van der Waals surface area contributed by atoms with Gasteiger partial charge in [-0.3, -0.25) is 9.59 Å². The van der Waals surface area contributed by atoms with Crippen LogP contribution in [0.25, 0.3) is 0 Å². The lowest BCUT2D eigenvalue weighted by Crippen LogP contribution is -2.44. The van der Waals surface area contributed by atoms with Crippen LogP contribution in [0.2, 0.25) is 0 Å². The molecule has 0 saturated carbocycles. The fraction of sp³-hybridized carbons (Fsp3) is 0.438. The first-order valence-corrected chi connectivity index (χ1v) is 7.16. The average molecular weight is 306 g/mol. The number of amides is 2. The maximum Gasteiger partial charge on any atom is 0.328 e. The van der Waals surface area contributed by atoms with E-state index in [4.69, 9.17) is 4.74 Å². The third kappa shape index (κ3) is 5.55. The summed E-state index contributed by atoms with van der Waals surface area (Å²) in [5, 5.41) is 4.99. The van der Waals surface area contributed by atoms with Gasteiger partial charge in [0.15, 0.2) is 0 Å². The molecular weight excluding hydrogens is 284 g/mol. The van der Waals surface area contributed by atoms with Gasteiger partial charge in [-0.05, 0) is 39.8 Å². The lowest BCUT2D eigenvalue weighted by atomic mass is 10.1. The molecule has 2 N–H and O–H groups in total. The van der Waals surface area contributed by atoms with Crippen LogP contribution in [-0.4, -0.2) is 37.0 Å². The van der Waals surface area contributed by atoms with Gasteiger partial charge in [0.1, 0.15) is 6.04 Å². The van der Waals surface area contributed by atoms with Crippen molar-refractivity contribution >= 4 is 17.8 Å². The number of nitrogens with one attached hydrogen (secondary N) is 2. The second kappa shape index (κ2) is 8.17. The van der Waals surface area contributed by atoms with Crippen molar-refractivity contribution in [2.24, 2.45) is 0 Å². The van der Waals surface area contributed by atoms with Crippen molar-refractivity contribution in [3.8, 4) is 0 Å². The Morgan fingerprint density at radius 1 is 1.14 bits per heavy atom. The first-order chi connectivity index (χ1) is 10.3. The summed E-state index contributed by atoms with van der Waals surface area (Å²) in [6.45, 7) is 7.07. The smallest absolute Gasteiger partial charge is 0.328 e. The number of carbonyl (C=O) groups is 3. The monoisotopic (exact) mass is 306 g/mol. The molecule has 1 atom stereocenters. The zero-order valence-corrected chi connectivity index (χ0v) is 13.4. The van der Waals surface area contributed by atoms with Gasteiger partial charge in [0.05, 0.1) is 13.2 Å². The van der Waals surface area contributed by atoms with Gasteiger partial charge >= 0.3 is 5.97 Å². The molecule has 0 bridgehead atoms. The molecular formula is C16H22N2O4. The fourth-order valence-corrected chi connectivity index (χ4v) is 1.99. The third-order valence-corrected chi connectivity index (χ3v) is 2.91. The van der Waals surface area contributed by atoms with E-state index in [1.54, 1.807) is 19.1 Å². The number of benzene rings is 1. The molecule has 0 aromatic heterocycles. The van der Waals surface area contributed by atoms with Crippen LogP contribution in [-0.2, 0) is 14.3 Å². The molecule has 0 unspecified atom stereocenters. The Balaban J connectivity index is 2.50. The van der Waals surface area contributed by atoms with E-state index in [1.807, 2.05) is 19.9 Å². The summed E-state index contributed by atoms with van der Waals surface area (Å²) in [6, 6.07) is 4.72. The van der Waals surface area contributed by atoms with E-state index < -0.39 is 17.9 Å². The summed E-state index contributed by atoms with van der Waals surface area (Å²) in [5.41, 5.74) is 2.46. The van der Waals surface area contributed by atoms with Crippen molar-refractivity contribution in [1.29, 1.82) is 0 Å². The Labute approximate surface area is 130 Å². The summed E-state index contributed by atoms with van der Waals surface area (Å²) in [5.74, 6) is -1.28. The van der Waals surface area contributed by atoms with Crippen molar-refractivity contribution in [3.05, 3.63) is 34.9 Å². The van der Waals surface area contributed by atoms with Gasteiger partial charge in [-0.2, -0.15) is 0 Å². The number of rotatable bonds is 6. The van der Waals surface area contributed by atoms with Crippen LogP contribution >= 0.6 is 0 Å². The van der Waals surface area contributed by atoms with Gasteiger partial charge in [-0.25, -0.2) is 4.79 Å². The van der Waals surface area contributed by atoms with Crippen LogP contribution in [0.15, 0.2) is 18.2 Å². The largest absolute Gasteiger partial charge is 0.464 e. The molecule has 6 heteroatoms. The molecule has 0 spiro atoms. The molecule has 1 aromatic rings. The summed E-state index contributed by atoms with van der Waals surface area (Å²) in [6.07, 6.45) is 0. The van der Waals surface area contributed by atoms with Gasteiger partial charge in [0.2, 0.25) is 5.91 Å². The standard InChI is InChI=1S/C16H22N2O4/c1-5-22-16(21)12(4)18-14(19)9-17-15(20)13-7-10(2)6-11(3)8-13/h6-8,12H,5,9H2,1-4H3,(H,17,20)(H,18,19)/t12-/m0/s1. The van der Waals surface area contributed by atoms with Crippen molar-refractivity contribution in [2.75, 3.05) is 13.2 Å². The molecule has 1 rings (SSSR count). The molecule has 0 aliphatic rings. The number of carbonyl (C=O) groups excluding carboxylic acids is 3. The van der Waals surface area contributed by atoms with E-state index >= 15 is 0 Å². The SMILES string of the molecule is CCOC(=O)[C@H](C)NC(=O)CNC(=O)c1cc(C)cc(C)c1. The van der Waals surface area contributed by atoms with Gasteiger partial charge in [-0.15, -0.1) is 0 Å². The lowest BCUT2D eigenvalue weighted by Gasteiger charge is -2.13. The van der Waals surface area contributed by atoms with Crippen molar-refractivity contribution < 1.29 is 19.1 Å². The summed E-state index contributed by atoms with van der Waals surface area (Å²) < 4.78 is 4.78. The second-order valence-corrected chi connectivity index (χ2v) is 5.10. The van der Waals surface area contributed by atoms with Crippen LogP contribution in [0.5, 0.6) is 0 Å². The van der Waals surface area contributed by atoms with Gasteiger partial charge in [0, 0.05) is 5.56 Å². The number of esters is 1. The molecule has 6 nitrogen and oxygen atoms in total. The third-order valence-electron chi connectivity index (χ3n) is 2.91. The predicted molar refractivity (Wildman–Crippen MR) is 82.5 cm³/mol. The molecule has 0 saturated heterocycles. The van der Waals surface area contributed by atoms with Crippen molar-refractivity contribution in [3.63, 3.8) is 0 Å². The zero-order chi connectivity index (χ0) is 16.7. The Kier molecular flexibility index (Phi) is 6.56. The van der Waals surface area contributed by atoms with Gasteiger partial charge in [0.25, 0.3) is 5.91 Å². The Bertz CT molecular complexity index is 549. The minimum absolute atomic E-state index is 0.199. The highest BCUT2D eigenvalue weighted by molar-refractivity contribution is 5.97. The number of aryl methyl sites for hydroxylation is 2. The highest BCUT2D eigenvalue weighted by Gasteiger charge is 2.17. The van der Waals surface area contributed by atoms with Crippen LogP contribution < -0.4 is 10.6 Å². The molecule has 2 amide bonds. The Hall–Kier alpha value is -2.37.